The molecular weight excluding hydrogens is 248 g/mol. The first-order valence-corrected chi connectivity index (χ1v) is 6.90. The molecule has 1 aliphatic heterocycles. The van der Waals surface area contributed by atoms with E-state index in [1.165, 1.54) is 12.1 Å². The summed E-state index contributed by atoms with van der Waals surface area (Å²) in [6, 6.07) is 4.39. The predicted molar refractivity (Wildman–Crippen MR) is 71.0 cm³/mol. The van der Waals surface area contributed by atoms with Crippen LogP contribution in [0.3, 0.4) is 0 Å². The molecule has 2 rings (SSSR count). The van der Waals surface area contributed by atoms with Gasteiger partial charge in [0, 0.05) is 18.6 Å². The SMILES string of the molecule is CCNC(Cc1ccc(F)c(F)c1)C1CCOC1C. The second kappa shape index (κ2) is 6.44. The fourth-order valence-corrected chi connectivity index (χ4v) is 2.83. The number of halogens is 2. The van der Waals surface area contributed by atoms with E-state index in [1.807, 2.05) is 0 Å². The molecule has 4 heteroatoms. The second-order valence-electron chi connectivity index (χ2n) is 5.15. The Bertz CT molecular complexity index is 425. The van der Waals surface area contributed by atoms with Gasteiger partial charge < -0.3 is 10.1 Å². The maximum atomic E-state index is 13.2. The maximum Gasteiger partial charge on any atom is 0.159 e. The third-order valence-electron chi connectivity index (χ3n) is 3.86. The van der Waals surface area contributed by atoms with Crippen LogP contribution in [0.1, 0.15) is 25.8 Å². The molecule has 1 aromatic rings. The van der Waals surface area contributed by atoms with Crippen molar-refractivity contribution in [3.05, 3.63) is 35.4 Å². The van der Waals surface area contributed by atoms with E-state index in [0.717, 1.165) is 25.1 Å². The third kappa shape index (κ3) is 3.51. The Morgan fingerprint density at radius 1 is 1.37 bits per heavy atom. The van der Waals surface area contributed by atoms with Gasteiger partial charge in [0.05, 0.1) is 6.10 Å². The van der Waals surface area contributed by atoms with Crippen LogP contribution < -0.4 is 5.32 Å². The Morgan fingerprint density at radius 3 is 2.74 bits per heavy atom. The highest BCUT2D eigenvalue weighted by Crippen LogP contribution is 2.26. The fourth-order valence-electron chi connectivity index (χ4n) is 2.83. The van der Waals surface area contributed by atoms with Gasteiger partial charge in [-0.05, 0) is 44.0 Å². The fraction of sp³-hybridized carbons (Fsp3) is 0.600. The number of hydrogen-bond donors (Lipinski definition) is 1. The number of likely N-dealkylation sites (N-methyl/N-ethyl adjacent to an activating group) is 1. The highest BCUT2D eigenvalue weighted by molar-refractivity contribution is 5.19. The lowest BCUT2D eigenvalue weighted by Crippen LogP contribution is -2.40. The number of ether oxygens (including phenoxy) is 1. The Balaban J connectivity index is 2.09. The summed E-state index contributed by atoms with van der Waals surface area (Å²) >= 11 is 0. The van der Waals surface area contributed by atoms with Gasteiger partial charge in [0.15, 0.2) is 11.6 Å². The first-order valence-electron chi connectivity index (χ1n) is 6.90. The maximum absolute atomic E-state index is 13.2. The average molecular weight is 269 g/mol. The Hall–Kier alpha value is -1.00. The largest absolute Gasteiger partial charge is 0.378 e. The Morgan fingerprint density at radius 2 is 2.16 bits per heavy atom. The summed E-state index contributed by atoms with van der Waals surface area (Å²) in [6.07, 6.45) is 1.93. The van der Waals surface area contributed by atoms with Crippen molar-refractivity contribution in [1.29, 1.82) is 0 Å². The van der Waals surface area contributed by atoms with Gasteiger partial charge in [-0.3, -0.25) is 0 Å². The molecule has 1 aromatic carbocycles. The van der Waals surface area contributed by atoms with Crippen LogP contribution in [0.15, 0.2) is 18.2 Å². The van der Waals surface area contributed by atoms with Crippen molar-refractivity contribution in [1.82, 2.24) is 5.32 Å². The zero-order chi connectivity index (χ0) is 13.8. The highest BCUT2D eigenvalue weighted by Gasteiger charge is 2.31. The summed E-state index contributed by atoms with van der Waals surface area (Å²) in [4.78, 5) is 0. The molecule has 1 N–H and O–H groups in total. The van der Waals surface area contributed by atoms with Crippen LogP contribution in [0.5, 0.6) is 0 Å². The van der Waals surface area contributed by atoms with E-state index in [-0.39, 0.29) is 12.1 Å². The number of hydrogen-bond acceptors (Lipinski definition) is 2. The van der Waals surface area contributed by atoms with Crippen molar-refractivity contribution in [3.8, 4) is 0 Å². The molecule has 0 amide bonds. The van der Waals surface area contributed by atoms with Crippen molar-refractivity contribution in [3.63, 3.8) is 0 Å². The lowest BCUT2D eigenvalue weighted by atomic mass is 9.89. The molecule has 1 aliphatic rings. The average Bonchev–Trinajstić information content (AvgIpc) is 2.79. The summed E-state index contributed by atoms with van der Waals surface area (Å²) in [5.74, 6) is -1.14. The summed E-state index contributed by atoms with van der Waals surface area (Å²) in [5, 5.41) is 3.44. The first kappa shape index (κ1) is 14.4. The molecule has 3 unspecified atom stereocenters. The summed E-state index contributed by atoms with van der Waals surface area (Å²) in [6.45, 7) is 5.77. The number of benzene rings is 1. The number of nitrogens with one attached hydrogen (secondary N) is 1. The second-order valence-corrected chi connectivity index (χ2v) is 5.15. The molecule has 0 bridgehead atoms. The highest BCUT2D eigenvalue weighted by atomic mass is 19.2. The van der Waals surface area contributed by atoms with Gasteiger partial charge in [0.1, 0.15) is 0 Å². The quantitative estimate of drug-likeness (QED) is 0.887. The van der Waals surface area contributed by atoms with Crippen molar-refractivity contribution in [2.45, 2.75) is 38.8 Å². The van der Waals surface area contributed by atoms with E-state index < -0.39 is 11.6 Å². The minimum absolute atomic E-state index is 0.217. The lowest BCUT2D eigenvalue weighted by molar-refractivity contribution is 0.0956. The number of rotatable bonds is 5. The summed E-state index contributed by atoms with van der Waals surface area (Å²) < 4.78 is 31.8. The van der Waals surface area contributed by atoms with Crippen molar-refractivity contribution in [2.24, 2.45) is 5.92 Å². The molecule has 1 fully saturated rings. The van der Waals surface area contributed by atoms with Crippen molar-refractivity contribution in [2.75, 3.05) is 13.2 Å². The van der Waals surface area contributed by atoms with E-state index in [1.54, 1.807) is 6.07 Å². The third-order valence-corrected chi connectivity index (χ3v) is 3.86. The van der Waals surface area contributed by atoms with Gasteiger partial charge in [0.2, 0.25) is 0 Å². The summed E-state index contributed by atoms with van der Waals surface area (Å²) in [7, 11) is 0. The topological polar surface area (TPSA) is 21.3 Å². The molecule has 0 aliphatic carbocycles. The van der Waals surface area contributed by atoms with Gasteiger partial charge in [-0.15, -0.1) is 0 Å². The van der Waals surface area contributed by atoms with E-state index in [4.69, 9.17) is 4.74 Å². The van der Waals surface area contributed by atoms with Crippen LogP contribution in [0.2, 0.25) is 0 Å². The molecule has 0 spiro atoms. The molecule has 19 heavy (non-hydrogen) atoms. The van der Waals surface area contributed by atoms with Crippen LogP contribution >= 0.6 is 0 Å². The normalized spacial score (nSPS) is 24.6. The van der Waals surface area contributed by atoms with Crippen LogP contribution in [-0.2, 0) is 11.2 Å². The minimum Gasteiger partial charge on any atom is -0.378 e. The van der Waals surface area contributed by atoms with Gasteiger partial charge in [-0.1, -0.05) is 13.0 Å². The Kier molecular flexibility index (Phi) is 4.88. The monoisotopic (exact) mass is 269 g/mol. The minimum atomic E-state index is -0.790. The van der Waals surface area contributed by atoms with Crippen molar-refractivity contribution < 1.29 is 13.5 Å². The molecule has 1 heterocycles. The predicted octanol–water partition coefficient (Wildman–Crippen LogP) is 2.91. The molecule has 106 valence electrons. The van der Waals surface area contributed by atoms with Gasteiger partial charge >= 0.3 is 0 Å². The zero-order valence-corrected chi connectivity index (χ0v) is 11.5. The zero-order valence-electron chi connectivity index (χ0n) is 11.5. The molecule has 0 aromatic heterocycles. The molecule has 2 nitrogen and oxygen atoms in total. The van der Waals surface area contributed by atoms with Crippen LogP contribution in [0.4, 0.5) is 8.78 Å². The van der Waals surface area contributed by atoms with Gasteiger partial charge in [-0.25, -0.2) is 8.78 Å². The molecular formula is C15H21F2NO. The van der Waals surface area contributed by atoms with Crippen LogP contribution in [0.25, 0.3) is 0 Å². The van der Waals surface area contributed by atoms with E-state index in [0.29, 0.717) is 12.3 Å². The standard InChI is InChI=1S/C15H21F2NO/c1-3-18-15(12-6-7-19-10(12)2)9-11-4-5-13(16)14(17)8-11/h4-5,8,10,12,15,18H,3,6-7,9H2,1-2H3. The smallest absolute Gasteiger partial charge is 0.159 e. The molecule has 0 saturated carbocycles. The Labute approximate surface area is 113 Å². The van der Waals surface area contributed by atoms with E-state index >= 15 is 0 Å². The van der Waals surface area contributed by atoms with E-state index in [9.17, 15) is 8.78 Å². The van der Waals surface area contributed by atoms with Gasteiger partial charge in [-0.2, -0.15) is 0 Å². The molecule has 3 atom stereocenters. The van der Waals surface area contributed by atoms with Crippen molar-refractivity contribution >= 4 is 0 Å². The molecule has 1 saturated heterocycles. The van der Waals surface area contributed by atoms with Crippen LogP contribution in [-0.4, -0.2) is 25.3 Å². The van der Waals surface area contributed by atoms with Crippen LogP contribution in [0, 0.1) is 17.6 Å². The molecule has 0 radical (unpaired) electrons. The van der Waals surface area contributed by atoms with E-state index in [2.05, 4.69) is 19.2 Å². The summed E-state index contributed by atoms with van der Waals surface area (Å²) in [5.41, 5.74) is 0.823. The van der Waals surface area contributed by atoms with Gasteiger partial charge in [0.25, 0.3) is 0 Å². The lowest BCUT2D eigenvalue weighted by Gasteiger charge is -2.26. The first-order chi connectivity index (χ1) is 9.11.